The van der Waals surface area contributed by atoms with Crippen LogP contribution in [0.5, 0.6) is 5.75 Å². The van der Waals surface area contributed by atoms with Gasteiger partial charge in [-0.3, -0.25) is 24.7 Å². The lowest BCUT2D eigenvalue weighted by Gasteiger charge is -2.35. The van der Waals surface area contributed by atoms with Crippen LogP contribution in [0.4, 0.5) is 11.4 Å². The highest BCUT2D eigenvalue weighted by Crippen LogP contribution is 2.30. The first-order valence-electron chi connectivity index (χ1n) is 11.6. The largest absolute Gasteiger partial charge is 0.487 e. The Morgan fingerprint density at radius 2 is 1.86 bits per heavy atom. The Kier molecular flexibility index (Phi) is 7.74. The molecule has 2 aromatic carbocycles. The van der Waals surface area contributed by atoms with Crippen LogP contribution in [0.2, 0.25) is 0 Å². The molecule has 2 amide bonds. The Morgan fingerprint density at radius 1 is 1.06 bits per heavy atom. The molecule has 0 spiro atoms. The van der Waals surface area contributed by atoms with E-state index >= 15 is 0 Å². The number of amides is 2. The third-order valence-electron chi connectivity index (χ3n) is 5.96. The van der Waals surface area contributed by atoms with Crippen LogP contribution in [-0.4, -0.2) is 52.8 Å². The second-order valence-corrected chi connectivity index (χ2v) is 8.39. The standard InChI is InChI=1S/C26H27N5O5/c1-19(32)29-11-13-30(14-12-29)24-9-8-21(16-25(24)31(34)35)26(33)28-17-20-5-4-7-23(15-20)36-18-22-6-2-3-10-27-22/h2-10,15-16H,11-14,17-18H2,1H3,(H,28,33). The Labute approximate surface area is 208 Å². The quantitative estimate of drug-likeness (QED) is 0.381. The van der Waals surface area contributed by atoms with Crippen LogP contribution >= 0.6 is 0 Å². The highest BCUT2D eigenvalue weighted by molar-refractivity contribution is 5.95. The molecule has 0 bridgehead atoms. The minimum atomic E-state index is -0.480. The normalized spacial score (nSPS) is 13.2. The maximum absolute atomic E-state index is 12.8. The van der Waals surface area contributed by atoms with Crippen molar-refractivity contribution in [1.29, 1.82) is 0 Å². The van der Waals surface area contributed by atoms with Gasteiger partial charge in [0.15, 0.2) is 0 Å². The first-order valence-corrected chi connectivity index (χ1v) is 11.6. The number of pyridine rings is 1. The summed E-state index contributed by atoms with van der Waals surface area (Å²) in [6.07, 6.45) is 1.70. The third kappa shape index (κ3) is 6.15. The molecule has 1 N–H and O–H groups in total. The minimum absolute atomic E-state index is 0.0125. The van der Waals surface area contributed by atoms with Crippen LogP contribution in [-0.2, 0) is 17.9 Å². The maximum Gasteiger partial charge on any atom is 0.293 e. The molecule has 1 fully saturated rings. The van der Waals surface area contributed by atoms with E-state index in [1.807, 2.05) is 47.4 Å². The molecule has 1 aliphatic heterocycles. The fourth-order valence-corrected chi connectivity index (χ4v) is 4.01. The van der Waals surface area contributed by atoms with Crippen LogP contribution in [0.15, 0.2) is 66.9 Å². The van der Waals surface area contributed by atoms with Gasteiger partial charge in [-0.05, 0) is 42.0 Å². The van der Waals surface area contributed by atoms with Crippen molar-refractivity contribution in [2.75, 3.05) is 31.1 Å². The van der Waals surface area contributed by atoms with E-state index in [1.165, 1.54) is 13.0 Å². The first kappa shape index (κ1) is 24.6. The predicted octanol–water partition coefficient (Wildman–Crippen LogP) is 3.17. The molecule has 10 heteroatoms. The lowest BCUT2D eigenvalue weighted by molar-refractivity contribution is -0.384. The van der Waals surface area contributed by atoms with Crippen molar-refractivity contribution in [3.63, 3.8) is 0 Å². The van der Waals surface area contributed by atoms with E-state index in [-0.39, 0.29) is 23.7 Å². The van der Waals surface area contributed by atoms with Crippen molar-refractivity contribution < 1.29 is 19.2 Å². The number of hydrogen-bond donors (Lipinski definition) is 1. The maximum atomic E-state index is 12.8. The van der Waals surface area contributed by atoms with Gasteiger partial charge in [0.2, 0.25) is 5.91 Å². The average Bonchev–Trinajstić information content (AvgIpc) is 2.91. The fourth-order valence-electron chi connectivity index (χ4n) is 4.01. The van der Waals surface area contributed by atoms with E-state index in [0.717, 1.165) is 11.3 Å². The summed E-state index contributed by atoms with van der Waals surface area (Å²) >= 11 is 0. The average molecular weight is 490 g/mol. The van der Waals surface area contributed by atoms with Gasteiger partial charge in [0.25, 0.3) is 11.6 Å². The van der Waals surface area contributed by atoms with Crippen LogP contribution in [0, 0.1) is 10.1 Å². The number of piperazine rings is 1. The molecule has 186 valence electrons. The van der Waals surface area contributed by atoms with Crippen LogP contribution in [0.3, 0.4) is 0 Å². The Morgan fingerprint density at radius 3 is 2.56 bits per heavy atom. The van der Waals surface area contributed by atoms with E-state index in [0.29, 0.717) is 44.2 Å². The zero-order valence-electron chi connectivity index (χ0n) is 19.9. The van der Waals surface area contributed by atoms with Crippen molar-refractivity contribution >= 4 is 23.2 Å². The summed E-state index contributed by atoms with van der Waals surface area (Å²) in [4.78, 5) is 43.4. The molecule has 3 aromatic rings. The Bertz CT molecular complexity index is 1240. The third-order valence-corrected chi connectivity index (χ3v) is 5.96. The molecular weight excluding hydrogens is 462 g/mol. The number of carbonyl (C=O) groups excluding carboxylic acids is 2. The summed E-state index contributed by atoms with van der Waals surface area (Å²) in [5, 5.41) is 14.6. The number of aromatic nitrogens is 1. The number of nitro groups is 1. The molecule has 1 aliphatic rings. The number of hydrogen-bond acceptors (Lipinski definition) is 7. The van der Waals surface area contributed by atoms with Crippen molar-refractivity contribution in [3.05, 3.63) is 93.8 Å². The summed E-state index contributed by atoms with van der Waals surface area (Å²) in [6.45, 7) is 4.06. The second-order valence-electron chi connectivity index (χ2n) is 8.39. The molecule has 36 heavy (non-hydrogen) atoms. The number of nitrogens with one attached hydrogen (secondary N) is 1. The number of anilines is 1. The van der Waals surface area contributed by atoms with Crippen molar-refractivity contribution in [2.45, 2.75) is 20.1 Å². The molecule has 0 unspecified atom stereocenters. The lowest BCUT2D eigenvalue weighted by atomic mass is 10.1. The Balaban J connectivity index is 1.38. The van der Waals surface area contributed by atoms with Gasteiger partial charge in [-0.25, -0.2) is 0 Å². The highest BCUT2D eigenvalue weighted by Gasteiger charge is 2.25. The summed E-state index contributed by atoms with van der Waals surface area (Å²) in [5.41, 5.74) is 2.15. The van der Waals surface area contributed by atoms with E-state index in [9.17, 15) is 19.7 Å². The number of nitrogens with zero attached hydrogens (tertiary/aromatic N) is 4. The van der Waals surface area contributed by atoms with Gasteiger partial charge < -0.3 is 19.9 Å². The molecule has 0 atom stereocenters. The Hall–Kier alpha value is -4.47. The zero-order chi connectivity index (χ0) is 25.5. The number of carbonyl (C=O) groups is 2. The number of ether oxygens (including phenoxy) is 1. The van der Waals surface area contributed by atoms with Gasteiger partial charge in [-0.2, -0.15) is 0 Å². The number of benzene rings is 2. The van der Waals surface area contributed by atoms with Crippen LogP contribution < -0.4 is 15.0 Å². The number of nitro benzene ring substituents is 1. The minimum Gasteiger partial charge on any atom is -0.487 e. The van der Waals surface area contributed by atoms with Gasteiger partial charge in [-0.1, -0.05) is 18.2 Å². The summed E-state index contributed by atoms with van der Waals surface area (Å²) in [5.74, 6) is 0.226. The SMILES string of the molecule is CC(=O)N1CCN(c2ccc(C(=O)NCc3cccc(OCc4ccccn4)c3)cc2[N+](=O)[O-])CC1. The smallest absolute Gasteiger partial charge is 0.293 e. The van der Waals surface area contributed by atoms with Gasteiger partial charge in [0.1, 0.15) is 18.0 Å². The lowest BCUT2D eigenvalue weighted by Crippen LogP contribution is -2.48. The van der Waals surface area contributed by atoms with Gasteiger partial charge in [0, 0.05) is 57.5 Å². The van der Waals surface area contributed by atoms with Gasteiger partial charge in [-0.15, -0.1) is 0 Å². The molecular formula is C26H27N5O5. The van der Waals surface area contributed by atoms with Gasteiger partial charge in [0.05, 0.1) is 10.6 Å². The van der Waals surface area contributed by atoms with E-state index in [2.05, 4.69) is 10.3 Å². The predicted molar refractivity (Wildman–Crippen MR) is 134 cm³/mol. The monoisotopic (exact) mass is 489 g/mol. The molecule has 0 radical (unpaired) electrons. The zero-order valence-corrected chi connectivity index (χ0v) is 19.9. The van der Waals surface area contributed by atoms with Crippen LogP contribution in [0.1, 0.15) is 28.5 Å². The molecule has 10 nitrogen and oxygen atoms in total. The molecule has 1 aromatic heterocycles. The molecule has 0 aliphatic carbocycles. The fraction of sp³-hybridized carbons (Fsp3) is 0.269. The van der Waals surface area contributed by atoms with Crippen molar-refractivity contribution in [2.24, 2.45) is 0 Å². The van der Waals surface area contributed by atoms with Crippen molar-refractivity contribution in [3.8, 4) is 5.75 Å². The van der Waals surface area contributed by atoms with E-state index in [4.69, 9.17) is 4.74 Å². The van der Waals surface area contributed by atoms with Gasteiger partial charge >= 0.3 is 0 Å². The molecule has 4 rings (SSSR count). The molecule has 1 saturated heterocycles. The van der Waals surface area contributed by atoms with E-state index in [1.54, 1.807) is 23.2 Å². The van der Waals surface area contributed by atoms with Crippen molar-refractivity contribution in [1.82, 2.24) is 15.2 Å². The molecule has 0 saturated carbocycles. The second kappa shape index (κ2) is 11.3. The number of rotatable bonds is 8. The summed E-state index contributed by atoms with van der Waals surface area (Å²) in [6, 6.07) is 17.4. The van der Waals surface area contributed by atoms with Crippen LogP contribution in [0.25, 0.3) is 0 Å². The molecule has 2 heterocycles. The topological polar surface area (TPSA) is 118 Å². The van der Waals surface area contributed by atoms with E-state index < -0.39 is 10.8 Å². The summed E-state index contributed by atoms with van der Waals surface area (Å²) in [7, 11) is 0. The summed E-state index contributed by atoms with van der Waals surface area (Å²) < 4.78 is 5.78. The first-order chi connectivity index (χ1) is 17.4. The highest BCUT2D eigenvalue weighted by atomic mass is 16.6.